The number of alkyl halides is 4. The first-order chi connectivity index (χ1) is 12.1. The zero-order valence-corrected chi connectivity index (χ0v) is 16.1. The molecular formula is C16H12Cl4N2O4. The molecule has 2 aromatic rings. The highest BCUT2D eigenvalue weighted by Gasteiger charge is 2.21. The highest BCUT2D eigenvalue weighted by atomic mass is 35.5. The maximum absolute atomic E-state index is 10.6. The Balaban J connectivity index is 0.000000260. The van der Waals surface area contributed by atoms with E-state index in [1.807, 2.05) is 0 Å². The topological polar surface area (TPSA) is 86.3 Å². The van der Waals surface area contributed by atoms with Gasteiger partial charge in [-0.15, -0.1) is 0 Å². The van der Waals surface area contributed by atoms with E-state index in [0.717, 1.165) is 0 Å². The number of nitro groups is 2. The van der Waals surface area contributed by atoms with E-state index in [2.05, 4.69) is 13.8 Å². The fourth-order valence-corrected chi connectivity index (χ4v) is 2.72. The van der Waals surface area contributed by atoms with Crippen molar-refractivity contribution in [2.75, 3.05) is 0 Å². The van der Waals surface area contributed by atoms with Crippen LogP contribution < -0.4 is 0 Å². The lowest BCUT2D eigenvalue weighted by Gasteiger charge is -2.04. The zero-order valence-electron chi connectivity index (χ0n) is 13.1. The molecule has 0 unspecified atom stereocenters. The molecule has 2 rings (SSSR count). The number of rotatable bonds is 4. The summed E-state index contributed by atoms with van der Waals surface area (Å²) >= 11 is 22.2. The number of nitro benzene ring substituents is 2. The van der Waals surface area contributed by atoms with E-state index in [4.69, 9.17) is 46.4 Å². The van der Waals surface area contributed by atoms with Gasteiger partial charge in [0.1, 0.15) is 9.67 Å². The first kappa shape index (κ1) is 22.4. The summed E-state index contributed by atoms with van der Waals surface area (Å²) in [7, 11) is 0. The van der Waals surface area contributed by atoms with Crippen molar-refractivity contribution in [3.63, 3.8) is 0 Å². The highest BCUT2D eigenvalue weighted by Crippen LogP contribution is 2.35. The van der Waals surface area contributed by atoms with Gasteiger partial charge in [0.15, 0.2) is 0 Å². The molecule has 138 valence electrons. The monoisotopic (exact) mass is 436 g/mol. The Hall–Kier alpha value is -1.60. The van der Waals surface area contributed by atoms with Crippen LogP contribution in [0.1, 0.15) is 31.9 Å². The Morgan fingerprint density at radius 3 is 1.23 bits per heavy atom. The van der Waals surface area contributed by atoms with Gasteiger partial charge in [-0.25, -0.2) is 0 Å². The fraction of sp³-hybridized carbons (Fsp3) is 0.125. The number of para-hydroxylation sites is 2. The minimum absolute atomic E-state index is 0.113. The van der Waals surface area contributed by atoms with E-state index >= 15 is 0 Å². The van der Waals surface area contributed by atoms with Crippen LogP contribution in [0.3, 0.4) is 0 Å². The predicted octanol–water partition coefficient (Wildman–Crippen LogP) is 6.51. The molecule has 0 aliphatic rings. The zero-order chi connectivity index (χ0) is 20.0. The summed E-state index contributed by atoms with van der Waals surface area (Å²) in [4.78, 5) is 18.3. The SMILES string of the molecule is [CH2]c1cccc(C(Cl)Cl)c1[N+](=O)[O-].[CH2]c1cccc(C(Cl)Cl)c1[N+](=O)[O-]. The lowest BCUT2D eigenvalue weighted by Crippen LogP contribution is -1.97. The van der Waals surface area contributed by atoms with Crippen LogP contribution in [-0.4, -0.2) is 9.85 Å². The van der Waals surface area contributed by atoms with E-state index in [0.29, 0.717) is 11.1 Å². The summed E-state index contributed by atoms with van der Waals surface area (Å²) in [5.74, 6) is 0. The van der Waals surface area contributed by atoms with Gasteiger partial charge in [0.25, 0.3) is 11.4 Å². The number of hydrogen-bond donors (Lipinski definition) is 0. The summed E-state index contributed by atoms with van der Waals surface area (Å²) in [5, 5.41) is 21.2. The molecule has 0 spiro atoms. The van der Waals surface area contributed by atoms with E-state index in [1.54, 1.807) is 12.1 Å². The second kappa shape index (κ2) is 9.92. The van der Waals surface area contributed by atoms with Crippen LogP contribution >= 0.6 is 46.4 Å². The normalized spacial score (nSPS) is 10.5. The molecule has 10 heteroatoms. The van der Waals surface area contributed by atoms with Crippen LogP contribution in [0.25, 0.3) is 0 Å². The van der Waals surface area contributed by atoms with Crippen molar-refractivity contribution < 1.29 is 9.85 Å². The van der Waals surface area contributed by atoms with Gasteiger partial charge >= 0.3 is 0 Å². The molecule has 0 aromatic heterocycles. The minimum Gasteiger partial charge on any atom is -0.258 e. The van der Waals surface area contributed by atoms with Gasteiger partial charge in [-0.3, -0.25) is 20.2 Å². The Morgan fingerprint density at radius 2 is 1.04 bits per heavy atom. The molecule has 0 bridgehead atoms. The van der Waals surface area contributed by atoms with E-state index in [-0.39, 0.29) is 22.5 Å². The first-order valence-corrected chi connectivity index (χ1v) is 8.57. The van der Waals surface area contributed by atoms with Crippen LogP contribution in [0, 0.1) is 34.1 Å². The molecule has 6 nitrogen and oxygen atoms in total. The molecule has 0 N–H and O–H groups in total. The minimum atomic E-state index is -0.901. The van der Waals surface area contributed by atoms with Crippen molar-refractivity contribution in [1.82, 2.24) is 0 Å². The van der Waals surface area contributed by atoms with Gasteiger partial charge in [0, 0.05) is 11.1 Å². The standard InChI is InChI=1S/2C8H6Cl2NO2/c2*1-5-3-2-4-6(8(9)10)7(5)11(12)13/h2*2-4,8H,1H2. The summed E-state index contributed by atoms with van der Waals surface area (Å²) in [6, 6.07) is 9.36. The van der Waals surface area contributed by atoms with Gasteiger partial charge < -0.3 is 0 Å². The maximum Gasteiger partial charge on any atom is 0.278 e. The quantitative estimate of drug-likeness (QED) is 0.310. The van der Waals surface area contributed by atoms with Gasteiger partial charge in [0.2, 0.25) is 0 Å². The second-order valence-corrected chi connectivity index (χ2v) is 7.02. The van der Waals surface area contributed by atoms with E-state index in [9.17, 15) is 20.2 Å². The van der Waals surface area contributed by atoms with Gasteiger partial charge in [-0.1, -0.05) is 70.7 Å². The Kier molecular flexibility index (Phi) is 8.56. The van der Waals surface area contributed by atoms with Gasteiger partial charge in [0.05, 0.1) is 21.0 Å². The Bertz CT molecular complexity index is 745. The third-order valence-corrected chi connectivity index (χ3v) is 4.08. The van der Waals surface area contributed by atoms with Crippen molar-refractivity contribution >= 4 is 57.8 Å². The van der Waals surface area contributed by atoms with Crippen LogP contribution in [-0.2, 0) is 0 Å². The van der Waals surface area contributed by atoms with E-state index < -0.39 is 19.5 Å². The summed E-state index contributed by atoms with van der Waals surface area (Å²) in [6.45, 7) is 7.05. The van der Waals surface area contributed by atoms with Crippen molar-refractivity contribution in [3.8, 4) is 0 Å². The average Bonchev–Trinajstić information content (AvgIpc) is 2.54. The lowest BCUT2D eigenvalue weighted by atomic mass is 10.1. The molecule has 0 saturated carbocycles. The summed E-state index contributed by atoms with van der Waals surface area (Å²) in [5.41, 5.74) is 0.958. The average molecular weight is 438 g/mol. The number of halogens is 4. The lowest BCUT2D eigenvalue weighted by molar-refractivity contribution is -0.386. The molecule has 0 aliphatic carbocycles. The second-order valence-electron chi connectivity index (χ2n) is 4.83. The Labute approximate surface area is 169 Å². The van der Waals surface area contributed by atoms with Crippen molar-refractivity contribution in [3.05, 3.63) is 92.7 Å². The summed E-state index contributed by atoms with van der Waals surface area (Å²) in [6.07, 6.45) is 0. The third-order valence-electron chi connectivity index (χ3n) is 3.14. The van der Waals surface area contributed by atoms with Crippen molar-refractivity contribution in [2.24, 2.45) is 0 Å². The molecule has 0 amide bonds. The third kappa shape index (κ3) is 5.71. The molecule has 0 heterocycles. The smallest absolute Gasteiger partial charge is 0.258 e. The molecular weight excluding hydrogens is 426 g/mol. The van der Waals surface area contributed by atoms with Crippen molar-refractivity contribution in [1.29, 1.82) is 0 Å². The largest absolute Gasteiger partial charge is 0.278 e. The van der Waals surface area contributed by atoms with E-state index in [1.165, 1.54) is 24.3 Å². The van der Waals surface area contributed by atoms with Crippen molar-refractivity contribution in [2.45, 2.75) is 9.67 Å². The highest BCUT2D eigenvalue weighted by molar-refractivity contribution is 6.44. The fourth-order valence-electron chi connectivity index (χ4n) is 2.02. The number of benzene rings is 2. The first-order valence-electron chi connectivity index (χ1n) is 6.82. The molecule has 2 radical (unpaired) electrons. The number of hydrogen-bond acceptors (Lipinski definition) is 4. The summed E-state index contributed by atoms with van der Waals surface area (Å²) < 4.78 is 0. The van der Waals surface area contributed by atoms with Crippen LogP contribution in [0.4, 0.5) is 11.4 Å². The molecule has 0 saturated heterocycles. The molecule has 0 aliphatic heterocycles. The van der Waals surface area contributed by atoms with Crippen LogP contribution in [0.5, 0.6) is 0 Å². The molecule has 26 heavy (non-hydrogen) atoms. The number of nitrogens with zero attached hydrogens (tertiary/aromatic N) is 2. The maximum atomic E-state index is 10.6. The molecule has 0 fully saturated rings. The van der Waals surface area contributed by atoms with Crippen LogP contribution in [0.15, 0.2) is 36.4 Å². The molecule has 2 aromatic carbocycles. The molecule has 0 atom stereocenters. The van der Waals surface area contributed by atoms with Crippen LogP contribution in [0.2, 0.25) is 0 Å². The van der Waals surface area contributed by atoms with Gasteiger partial charge in [-0.05, 0) is 26.0 Å². The predicted molar refractivity (Wildman–Crippen MR) is 104 cm³/mol. The Morgan fingerprint density at radius 1 is 0.731 bits per heavy atom. The van der Waals surface area contributed by atoms with Gasteiger partial charge in [-0.2, -0.15) is 0 Å².